The van der Waals surface area contributed by atoms with Gasteiger partial charge in [0, 0.05) is 0 Å². The molecule has 0 aliphatic rings. The Kier molecular flexibility index (Phi) is 14.1. The molecule has 0 aliphatic carbocycles. The van der Waals surface area contributed by atoms with Crippen LogP contribution in [0.2, 0.25) is 0 Å². The highest BCUT2D eigenvalue weighted by Gasteiger charge is 1.87. The summed E-state index contributed by atoms with van der Waals surface area (Å²) in [7, 11) is 0. The summed E-state index contributed by atoms with van der Waals surface area (Å²) in [6.07, 6.45) is 0. The minimum absolute atomic E-state index is 0.169. The molecule has 0 saturated heterocycles. The minimum atomic E-state index is 0.169. The predicted molar refractivity (Wildman–Crippen MR) is 149 cm³/mol. The van der Waals surface area contributed by atoms with Gasteiger partial charge in [-0.15, -0.1) is 0 Å². The van der Waals surface area contributed by atoms with Crippen molar-refractivity contribution >= 4 is 0 Å². The minimum Gasteiger partial charge on any atom is -0.508 e. The van der Waals surface area contributed by atoms with Crippen molar-refractivity contribution in [3.8, 4) is 57.5 Å². The van der Waals surface area contributed by atoms with Gasteiger partial charge in [-0.3, -0.25) is 0 Å². The number of aromatic hydroxyl groups is 10. The van der Waals surface area contributed by atoms with E-state index in [2.05, 4.69) is 0 Å². The third kappa shape index (κ3) is 16.0. The van der Waals surface area contributed by atoms with Gasteiger partial charge in [-0.25, -0.2) is 0 Å². The molecule has 5 aromatic rings. The molecular formula is C30H30O10. The third-order valence-electron chi connectivity index (χ3n) is 4.25. The average molecular weight is 551 g/mol. The van der Waals surface area contributed by atoms with Gasteiger partial charge in [-0.2, -0.15) is 0 Å². The molecule has 0 heterocycles. The van der Waals surface area contributed by atoms with Gasteiger partial charge < -0.3 is 51.1 Å². The molecule has 0 saturated carbocycles. The predicted octanol–water partition coefficient (Wildman–Crippen LogP) is 5.49. The molecule has 40 heavy (non-hydrogen) atoms. The molecule has 0 aromatic heterocycles. The van der Waals surface area contributed by atoms with Crippen molar-refractivity contribution in [2.24, 2.45) is 0 Å². The number of phenolic OH excluding ortho intramolecular Hbond substituents is 10. The van der Waals surface area contributed by atoms with Crippen molar-refractivity contribution in [1.82, 2.24) is 0 Å². The van der Waals surface area contributed by atoms with E-state index in [0.29, 0.717) is 0 Å². The Morgan fingerprint density at radius 2 is 0.200 bits per heavy atom. The zero-order valence-electron chi connectivity index (χ0n) is 21.0. The van der Waals surface area contributed by atoms with E-state index in [0.717, 1.165) is 0 Å². The highest BCUT2D eigenvalue weighted by molar-refractivity contribution is 5.31. The highest BCUT2D eigenvalue weighted by Crippen LogP contribution is 2.16. The van der Waals surface area contributed by atoms with E-state index >= 15 is 0 Å². The van der Waals surface area contributed by atoms with Gasteiger partial charge in [-0.05, 0) is 121 Å². The lowest BCUT2D eigenvalue weighted by atomic mass is 10.3. The molecule has 0 aliphatic heterocycles. The largest absolute Gasteiger partial charge is 0.508 e. The third-order valence-corrected chi connectivity index (χ3v) is 4.25. The van der Waals surface area contributed by atoms with Crippen molar-refractivity contribution < 1.29 is 51.1 Å². The first-order valence-corrected chi connectivity index (χ1v) is 11.3. The van der Waals surface area contributed by atoms with Crippen LogP contribution in [0, 0.1) is 0 Å². The summed E-state index contributed by atoms with van der Waals surface area (Å²) >= 11 is 0. The SMILES string of the molecule is Oc1ccc(O)cc1.Oc1ccc(O)cc1.Oc1ccc(O)cc1.Oc1ccc(O)cc1.Oc1ccc(O)cc1. The molecule has 5 aromatic carbocycles. The van der Waals surface area contributed by atoms with Crippen LogP contribution < -0.4 is 0 Å². The Morgan fingerprint density at radius 3 is 0.250 bits per heavy atom. The first-order chi connectivity index (χ1) is 18.9. The summed E-state index contributed by atoms with van der Waals surface area (Å²) in [6, 6.07) is 28.5. The molecule has 0 fully saturated rings. The maximum atomic E-state index is 8.65. The maximum Gasteiger partial charge on any atom is 0.115 e. The molecule has 10 nitrogen and oxygen atoms in total. The van der Waals surface area contributed by atoms with Gasteiger partial charge in [0.1, 0.15) is 57.5 Å². The number of phenols is 10. The number of hydrogen-bond donors (Lipinski definition) is 10. The van der Waals surface area contributed by atoms with Crippen LogP contribution in [-0.4, -0.2) is 51.1 Å². The van der Waals surface area contributed by atoms with Crippen LogP contribution in [0.3, 0.4) is 0 Å². The standard InChI is InChI=1S/5C6H6O2/c5*7-5-1-2-6(8)4-3-5/h5*1-4,7-8H. The lowest BCUT2D eigenvalue weighted by molar-refractivity contribution is 0.460. The number of hydrogen-bond acceptors (Lipinski definition) is 10. The van der Waals surface area contributed by atoms with E-state index in [1.807, 2.05) is 0 Å². The topological polar surface area (TPSA) is 202 Å². The van der Waals surface area contributed by atoms with Crippen molar-refractivity contribution in [3.63, 3.8) is 0 Å². The average Bonchev–Trinajstić information content (AvgIpc) is 2.94. The highest BCUT2D eigenvalue weighted by atomic mass is 16.3. The fourth-order valence-electron chi connectivity index (χ4n) is 2.26. The molecule has 0 radical (unpaired) electrons. The van der Waals surface area contributed by atoms with Gasteiger partial charge in [0.25, 0.3) is 0 Å². The monoisotopic (exact) mass is 550 g/mol. The smallest absolute Gasteiger partial charge is 0.115 e. The van der Waals surface area contributed by atoms with Gasteiger partial charge >= 0.3 is 0 Å². The van der Waals surface area contributed by atoms with Crippen LogP contribution in [0.5, 0.6) is 57.5 Å². The Labute approximate surface area is 230 Å². The fourth-order valence-corrected chi connectivity index (χ4v) is 2.26. The van der Waals surface area contributed by atoms with Crippen LogP contribution in [0.25, 0.3) is 0 Å². The van der Waals surface area contributed by atoms with Crippen molar-refractivity contribution in [2.45, 2.75) is 0 Å². The Bertz CT molecular complexity index is 979. The summed E-state index contributed by atoms with van der Waals surface area (Å²) in [4.78, 5) is 0. The quantitative estimate of drug-likeness (QED) is 0.110. The van der Waals surface area contributed by atoms with Crippen LogP contribution in [0.15, 0.2) is 121 Å². The second-order valence-corrected chi connectivity index (χ2v) is 7.58. The van der Waals surface area contributed by atoms with Crippen molar-refractivity contribution in [3.05, 3.63) is 121 Å². The van der Waals surface area contributed by atoms with Crippen molar-refractivity contribution in [1.29, 1.82) is 0 Å². The van der Waals surface area contributed by atoms with E-state index in [4.69, 9.17) is 51.1 Å². The van der Waals surface area contributed by atoms with E-state index in [9.17, 15) is 0 Å². The summed E-state index contributed by atoms with van der Waals surface area (Å²) in [6.45, 7) is 0. The molecule has 0 unspecified atom stereocenters. The summed E-state index contributed by atoms with van der Waals surface area (Å²) in [5.41, 5.74) is 0. The van der Waals surface area contributed by atoms with Gasteiger partial charge in [0.15, 0.2) is 0 Å². The first-order valence-electron chi connectivity index (χ1n) is 11.3. The molecule has 0 bridgehead atoms. The molecule has 10 heteroatoms. The number of rotatable bonds is 0. The van der Waals surface area contributed by atoms with Crippen LogP contribution in [-0.2, 0) is 0 Å². The Morgan fingerprint density at radius 1 is 0.150 bits per heavy atom. The molecule has 10 N–H and O–H groups in total. The normalized spacial score (nSPS) is 9.00. The molecule has 0 spiro atoms. The summed E-state index contributed by atoms with van der Waals surface area (Å²) < 4.78 is 0. The van der Waals surface area contributed by atoms with Crippen LogP contribution in [0.1, 0.15) is 0 Å². The van der Waals surface area contributed by atoms with E-state index in [1.165, 1.54) is 121 Å². The molecule has 0 atom stereocenters. The van der Waals surface area contributed by atoms with Gasteiger partial charge in [-0.1, -0.05) is 0 Å². The Hall–Kier alpha value is -5.90. The summed E-state index contributed by atoms with van der Waals surface area (Å²) in [5, 5.41) is 86.5. The lowest BCUT2D eigenvalue weighted by Crippen LogP contribution is -1.61. The second kappa shape index (κ2) is 17.5. The second-order valence-electron chi connectivity index (χ2n) is 7.58. The van der Waals surface area contributed by atoms with Crippen molar-refractivity contribution in [2.75, 3.05) is 0 Å². The Balaban J connectivity index is 0.000000250. The zero-order chi connectivity index (χ0) is 29.9. The maximum absolute atomic E-state index is 8.65. The van der Waals surface area contributed by atoms with Gasteiger partial charge in [0.2, 0.25) is 0 Å². The number of benzene rings is 5. The lowest BCUT2D eigenvalue weighted by Gasteiger charge is -1.88. The van der Waals surface area contributed by atoms with E-state index in [1.54, 1.807) is 0 Å². The molecule has 5 rings (SSSR count). The summed E-state index contributed by atoms with van der Waals surface area (Å²) in [5.74, 6) is 1.69. The first kappa shape index (κ1) is 32.1. The van der Waals surface area contributed by atoms with Gasteiger partial charge in [0.05, 0.1) is 0 Å². The molecular weight excluding hydrogens is 520 g/mol. The molecule has 210 valence electrons. The fraction of sp³-hybridized carbons (Fsp3) is 0. The van der Waals surface area contributed by atoms with Crippen LogP contribution >= 0.6 is 0 Å². The van der Waals surface area contributed by atoms with E-state index in [-0.39, 0.29) is 57.5 Å². The van der Waals surface area contributed by atoms with E-state index < -0.39 is 0 Å². The molecule has 0 amide bonds. The van der Waals surface area contributed by atoms with Crippen LogP contribution in [0.4, 0.5) is 0 Å². The zero-order valence-corrected chi connectivity index (χ0v) is 21.0.